The number of rotatable bonds is 2. The lowest BCUT2D eigenvalue weighted by Crippen LogP contribution is -2.40. The van der Waals surface area contributed by atoms with Gasteiger partial charge in [-0.05, 0) is 44.9 Å². The molecule has 126 valence electrons. The van der Waals surface area contributed by atoms with Crippen LogP contribution in [-0.2, 0) is 0 Å². The Balaban J connectivity index is 1.52. The Morgan fingerprint density at radius 1 is 1.08 bits per heavy atom. The van der Waals surface area contributed by atoms with Crippen LogP contribution in [0, 0.1) is 13.8 Å². The lowest BCUT2D eigenvalue weighted by atomic mass is 9.94. The van der Waals surface area contributed by atoms with Crippen molar-refractivity contribution in [3.63, 3.8) is 0 Å². The number of aryl methyl sites for hydroxylation is 2. The van der Waals surface area contributed by atoms with Crippen LogP contribution in [0.2, 0.25) is 0 Å². The molecule has 1 spiro atoms. The molecular formula is C19H21NO3S. The van der Waals surface area contributed by atoms with Gasteiger partial charge in [0.05, 0.1) is 5.56 Å². The van der Waals surface area contributed by atoms with Gasteiger partial charge in [0.25, 0.3) is 11.7 Å². The van der Waals surface area contributed by atoms with E-state index in [1.54, 1.807) is 11.3 Å². The first-order valence-electron chi connectivity index (χ1n) is 8.45. The Kier molecular flexibility index (Phi) is 3.76. The Hall–Kier alpha value is -2.01. The second-order valence-electron chi connectivity index (χ2n) is 6.62. The third kappa shape index (κ3) is 2.77. The standard InChI is InChI=1S/C19H21NO3S/c1-12-10-15(13(2)24-12)18(21)20-14-6-7-16-17(11-14)23-19(22-16)8-4-3-5-9-19/h6-7,10-11H,3-5,8-9H2,1-2H3,(H,20,21). The molecule has 1 aromatic carbocycles. The van der Waals surface area contributed by atoms with E-state index in [0.29, 0.717) is 0 Å². The minimum absolute atomic E-state index is 0.0805. The molecule has 1 saturated carbocycles. The summed E-state index contributed by atoms with van der Waals surface area (Å²) < 4.78 is 12.2. The van der Waals surface area contributed by atoms with E-state index in [9.17, 15) is 4.79 Å². The van der Waals surface area contributed by atoms with Gasteiger partial charge in [-0.3, -0.25) is 4.79 Å². The maximum absolute atomic E-state index is 12.5. The van der Waals surface area contributed by atoms with E-state index < -0.39 is 5.79 Å². The molecular weight excluding hydrogens is 322 g/mol. The second kappa shape index (κ2) is 5.81. The average Bonchev–Trinajstić information content (AvgIpc) is 3.06. The molecule has 0 unspecified atom stereocenters. The Bertz CT molecular complexity index is 790. The van der Waals surface area contributed by atoms with Crippen LogP contribution >= 0.6 is 11.3 Å². The first-order chi connectivity index (χ1) is 11.5. The van der Waals surface area contributed by atoms with E-state index in [4.69, 9.17) is 9.47 Å². The molecule has 5 heteroatoms. The fourth-order valence-corrected chi connectivity index (χ4v) is 4.44. The topological polar surface area (TPSA) is 47.6 Å². The van der Waals surface area contributed by atoms with Gasteiger partial charge in [0.2, 0.25) is 0 Å². The third-order valence-corrected chi connectivity index (χ3v) is 5.66. The van der Waals surface area contributed by atoms with Crippen molar-refractivity contribution in [3.05, 3.63) is 39.6 Å². The average molecular weight is 343 g/mol. The number of nitrogens with one attached hydrogen (secondary N) is 1. The van der Waals surface area contributed by atoms with Gasteiger partial charge in [-0.15, -0.1) is 11.3 Å². The summed E-state index contributed by atoms with van der Waals surface area (Å²) in [6.07, 6.45) is 5.36. The SMILES string of the molecule is Cc1cc(C(=O)Nc2ccc3c(c2)OC2(CCCCC2)O3)c(C)s1. The van der Waals surface area contributed by atoms with Gasteiger partial charge in [-0.2, -0.15) is 0 Å². The van der Waals surface area contributed by atoms with Crippen LogP contribution < -0.4 is 14.8 Å². The van der Waals surface area contributed by atoms with Crippen molar-refractivity contribution in [1.82, 2.24) is 0 Å². The number of thiophene rings is 1. The van der Waals surface area contributed by atoms with Gasteiger partial charge in [0.15, 0.2) is 11.5 Å². The largest absolute Gasteiger partial charge is 0.448 e. The first-order valence-corrected chi connectivity index (χ1v) is 9.27. The fraction of sp³-hybridized carbons (Fsp3) is 0.421. The highest BCUT2D eigenvalue weighted by Gasteiger charge is 2.42. The summed E-state index contributed by atoms with van der Waals surface area (Å²) in [6.45, 7) is 3.98. The molecule has 1 N–H and O–H groups in total. The minimum Gasteiger partial charge on any atom is -0.448 e. The highest BCUT2D eigenvalue weighted by Crippen LogP contribution is 2.46. The molecule has 2 heterocycles. The molecule has 1 fully saturated rings. The summed E-state index contributed by atoms with van der Waals surface area (Å²) in [5, 5.41) is 2.97. The van der Waals surface area contributed by atoms with Crippen LogP contribution in [0.3, 0.4) is 0 Å². The molecule has 2 aromatic rings. The lowest BCUT2D eigenvalue weighted by Gasteiger charge is -2.31. The van der Waals surface area contributed by atoms with E-state index in [1.807, 2.05) is 38.1 Å². The Morgan fingerprint density at radius 3 is 2.54 bits per heavy atom. The number of hydrogen-bond acceptors (Lipinski definition) is 4. The van der Waals surface area contributed by atoms with Crippen molar-refractivity contribution >= 4 is 22.9 Å². The number of amides is 1. The number of ether oxygens (including phenoxy) is 2. The van der Waals surface area contributed by atoms with Gasteiger partial charge in [0.1, 0.15) is 0 Å². The molecule has 24 heavy (non-hydrogen) atoms. The highest BCUT2D eigenvalue weighted by atomic mass is 32.1. The number of benzene rings is 1. The van der Waals surface area contributed by atoms with Gasteiger partial charge in [-0.1, -0.05) is 6.42 Å². The third-order valence-electron chi connectivity index (χ3n) is 4.69. The lowest BCUT2D eigenvalue weighted by molar-refractivity contribution is -0.105. The summed E-state index contributed by atoms with van der Waals surface area (Å²) in [4.78, 5) is 14.6. The minimum atomic E-state index is -0.482. The zero-order valence-electron chi connectivity index (χ0n) is 14.0. The van der Waals surface area contributed by atoms with Crippen molar-refractivity contribution in [2.24, 2.45) is 0 Å². The molecule has 1 amide bonds. The van der Waals surface area contributed by atoms with Crippen molar-refractivity contribution in [2.75, 3.05) is 5.32 Å². The molecule has 2 aliphatic rings. The number of fused-ring (bicyclic) bond motifs is 1. The molecule has 1 aliphatic carbocycles. The monoisotopic (exact) mass is 343 g/mol. The summed E-state index contributed by atoms with van der Waals surface area (Å²) in [5.74, 6) is 0.943. The maximum Gasteiger partial charge on any atom is 0.256 e. The molecule has 1 aliphatic heterocycles. The van der Waals surface area contributed by atoms with Crippen LogP contribution in [-0.4, -0.2) is 11.7 Å². The van der Waals surface area contributed by atoms with Crippen molar-refractivity contribution in [2.45, 2.75) is 51.7 Å². The number of carbonyl (C=O) groups is 1. The second-order valence-corrected chi connectivity index (χ2v) is 8.08. The maximum atomic E-state index is 12.5. The number of anilines is 1. The molecule has 0 atom stereocenters. The van der Waals surface area contributed by atoms with Crippen molar-refractivity contribution in [1.29, 1.82) is 0 Å². The summed E-state index contributed by atoms with van der Waals surface area (Å²) in [6, 6.07) is 7.56. The predicted molar refractivity (Wildman–Crippen MR) is 95.3 cm³/mol. The number of hydrogen-bond donors (Lipinski definition) is 1. The van der Waals surface area contributed by atoms with E-state index >= 15 is 0 Å². The van der Waals surface area contributed by atoms with Crippen LogP contribution in [0.4, 0.5) is 5.69 Å². The Labute approximate surface area is 145 Å². The molecule has 4 rings (SSSR count). The number of carbonyl (C=O) groups excluding carboxylic acids is 1. The van der Waals surface area contributed by atoms with Crippen LogP contribution in [0.25, 0.3) is 0 Å². The zero-order valence-corrected chi connectivity index (χ0v) is 14.8. The van der Waals surface area contributed by atoms with E-state index in [1.165, 1.54) is 6.42 Å². The summed E-state index contributed by atoms with van der Waals surface area (Å²) in [5.41, 5.74) is 1.47. The highest BCUT2D eigenvalue weighted by molar-refractivity contribution is 7.12. The quantitative estimate of drug-likeness (QED) is 0.830. The smallest absolute Gasteiger partial charge is 0.256 e. The molecule has 1 aromatic heterocycles. The molecule has 4 nitrogen and oxygen atoms in total. The summed E-state index contributed by atoms with van der Waals surface area (Å²) >= 11 is 1.64. The predicted octanol–water partition coefficient (Wildman–Crippen LogP) is 5.05. The summed E-state index contributed by atoms with van der Waals surface area (Å²) in [7, 11) is 0. The van der Waals surface area contributed by atoms with Crippen LogP contribution in [0.15, 0.2) is 24.3 Å². The molecule has 0 bridgehead atoms. The molecule has 0 saturated heterocycles. The van der Waals surface area contributed by atoms with Gasteiger partial charge < -0.3 is 14.8 Å². The fourth-order valence-electron chi connectivity index (χ4n) is 3.52. The van der Waals surface area contributed by atoms with Crippen molar-refractivity contribution < 1.29 is 14.3 Å². The van der Waals surface area contributed by atoms with Crippen LogP contribution in [0.1, 0.15) is 52.2 Å². The first kappa shape index (κ1) is 15.5. The van der Waals surface area contributed by atoms with Gasteiger partial charge in [0, 0.05) is 34.3 Å². The normalized spacial score (nSPS) is 17.9. The van der Waals surface area contributed by atoms with Crippen LogP contribution in [0.5, 0.6) is 11.5 Å². The van der Waals surface area contributed by atoms with E-state index in [2.05, 4.69) is 5.32 Å². The zero-order chi connectivity index (χ0) is 16.7. The van der Waals surface area contributed by atoms with Crippen molar-refractivity contribution in [3.8, 4) is 11.5 Å². The van der Waals surface area contributed by atoms with Gasteiger partial charge in [-0.25, -0.2) is 0 Å². The Morgan fingerprint density at radius 2 is 1.83 bits per heavy atom. The molecule has 0 radical (unpaired) electrons. The van der Waals surface area contributed by atoms with E-state index in [0.717, 1.165) is 58.2 Å². The van der Waals surface area contributed by atoms with Gasteiger partial charge >= 0.3 is 0 Å². The van der Waals surface area contributed by atoms with E-state index in [-0.39, 0.29) is 5.91 Å².